The van der Waals surface area contributed by atoms with Crippen LogP contribution >= 0.6 is 23.4 Å². The van der Waals surface area contributed by atoms with Gasteiger partial charge in [-0.2, -0.15) is 0 Å². The second-order valence-electron chi connectivity index (χ2n) is 11.0. The second kappa shape index (κ2) is 11.4. The van der Waals surface area contributed by atoms with Gasteiger partial charge in [0.25, 0.3) is 5.56 Å². The molecule has 0 radical (unpaired) electrons. The minimum Gasteiger partial charge on any atom is -0.495 e. The molecule has 3 aromatic carbocycles. The van der Waals surface area contributed by atoms with Crippen LogP contribution in [0.15, 0.2) is 76.7 Å². The fraction of sp³-hybridized carbons (Fsp3) is 0.303. The summed E-state index contributed by atoms with van der Waals surface area (Å²) in [6.45, 7) is 2.01. The van der Waals surface area contributed by atoms with Gasteiger partial charge < -0.3 is 10.1 Å². The van der Waals surface area contributed by atoms with Crippen molar-refractivity contribution in [3.8, 4) is 22.7 Å². The molecule has 1 aromatic heterocycles. The Morgan fingerprint density at radius 2 is 1.88 bits per heavy atom. The number of anilines is 1. The van der Waals surface area contributed by atoms with E-state index in [0.717, 1.165) is 60.2 Å². The number of nitrogens with one attached hydrogen (secondary N) is 1. The number of benzene rings is 3. The average molecular weight is 586 g/mol. The fourth-order valence-electron chi connectivity index (χ4n) is 6.35. The average Bonchev–Trinajstić information content (AvgIpc) is 2.96. The van der Waals surface area contributed by atoms with Crippen molar-refractivity contribution < 1.29 is 9.53 Å². The molecule has 6 nitrogen and oxygen atoms in total. The van der Waals surface area contributed by atoms with Crippen LogP contribution in [0.3, 0.4) is 0 Å². The van der Waals surface area contributed by atoms with Crippen LogP contribution in [0.25, 0.3) is 16.9 Å². The van der Waals surface area contributed by atoms with Gasteiger partial charge in [0.15, 0.2) is 5.16 Å². The number of methoxy groups -OCH3 is 1. The van der Waals surface area contributed by atoms with E-state index in [0.29, 0.717) is 21.6 Å². The Hall–Kier alpha value is -3.55. The molecule has 8 heteroatoms. The highest BCUT2D eigenvalue weighted by atomic mass is 35.5. The van der Waals surface area contributed by atoms with Crippen molar-refractivity contribution in [1.82, 2.24) is 9.55 Å². The molecule has 0 aliphatic heterocycles. The molecule has 210 valence electrons. The van der Waals surface area contributed by atoms with E-state index in [1.54, 1.807) is 29.9 Å². The number of nitrogens with zero attached hydrogens (tertiary/aromatic N) is 2. The van der Waals surface area contributed by atoms with E-state index < -0.39 is 0 Å². The summed E-state index contributed by atoms with van der Waals surface area (Å²) >= 11 is 7.51. The zero-order chi connectivity index (χ0) is 28.6. The summed E-state index contributed by atoms with van der Waals surface area (Å²) in [4.78, 5) is 32.9. The van der Waals surface area contributed by atoms with Gasteiger partial charge in [0, 0.05) is 16.7 Å². The molecule has 0 atom stereocenters. The maximum absolute atomic E-state index is 14.6. The first-order valence-corrected chi connectivity index (χ1v) is 15.3. The van der Waals surface area contributed by atoms with E-state index in [9.17, 15) is 9.59 Å². The lowest BCUT2D eigenvalue weighted by atomic mass is 9.62. The first-order valence-electron chi connectivity index (χ1n) is 14.0. The van der Waals surface area contributed by atoms with Gasteiger partial charge in [0.2, 0.25) is 5.91 Å². The van der Waals surface area contributed by atoms with Crippen LogP contribution < -0.4 is 15.6 Å². The molecule has 6 rings (SSSR count). The number of rotatable bonds is 6. The zero-order valence-electron chi connectivity index (χ0n) is 23.2. The van der Waals surface area contributed by atoms with E-state index >= 15 is 0 Å². The van der Waals surface area contributed by atoms with Crippen molar-refractivity contribution in [3.63, 3.8) is 0 Å². The first kappa shape index (κ1) is 27.6. The highest BCUT2D eigenvalue weighted by molar-refractivity contribution is 7.99. The van der Waals surface area contributed by atoms with Gasteiger partial charge in [0.1, 0.15) is 5.75 Å². The molecule has 1 amide bonds. The highest BCUT2D eigenvalue weighted by Gasteiger charge is 2.43. The van der Waals surface area contributed by atoms with Gasteiger partial charge in [-0.25, -0.2) is 4.98 Å². The number of halogens is 1. The topological polar surface area (TPSA) is 73.2 Å². The van der Waals surface area contributed by atoms with Gasteiger partial charge in [-0.3, -0.25) is 14.2 Å². The Bertz CT molecular complexity index is 1690. The van der Waals surface area contributed by atoms with E-state index in [4.69, 9.17) is 21.3 Å². The zero-order valence-corrected chi connectivity index (χ0v) is 24.8. The van der Waals surface area contributed by atoms with Crippen molar-refractivity contribution in [2.24, 2.45) is 0 Å². The molecule has 1 heterocycles. The fourth-order valence-corrected chi connectivity index (χ4v) is 7.41. The van der Waals surface area contributed by atoms with Crippen molar-refractivity contribution in [2.45, 2.75) is 56.0 Å². The normalized spacial score (nSPS) is 15.2. The smallest absolute Gasteiger partial charge is 0.263 e. The van der Waals surface area contributed by atoms with Crippen LogP contribution in [0, 0.1) is 6.92 Å². The summed E-state index contributed by atoms with van der Waals surface area (Å²) < 4.78 is 6.93. The highest BCUT2D eigenvalue weighted by Crippen LogP contribution is 2.49. The number of thioether (sulfide) groups is 1. The lowest BCUT2D eigenvalue weighted by Crippen LogP contribution is -2.43. The minimum absolute atomic E-state index is 0.0261. The third-order valence-corrected chi connectivity index (χ3v) is 9.46. The summed E-state index contributed by atoms with van der Waals surface area (Å²) in [6.07, 6.45) is 6.24. The van der Waals surface area contributed by atoms with Gasteiger partial charge >= 0.3 is 0 Å². The van der Waals surface area contributed by atoms with Crippen LogP contribution in [0.2, 0.25) is 5.02 Å². The Morgan fingerprint density at radius 1 is 1.07 bits per heavy atom. The summed E-state index contributed by atoms with van der Waals surface area (Å²) in [5.41, 5.74) is 6.01. The quantitative estimate of drug-likeness (QED) is 0.189. The number of hydrogen-bond acceptors (Lipinski definition) is 5. The van der Waals surface area contributed by atoms with Crippen molar-refractivity contribution in [2.75, 3.05) is 18.2 Å². The number of aryl methyl sites for hydroxylation is 1. The molecule has 2 aliphatic carbocycles. The number of carbonyl (C=O) groups excluding carboxylic acids is 1. The summed E-state index contributed by atoms with van der Waals surface area (Å²) in [5.74, 6) is 0.395. The van der Waals surface area contributed by atoms with Gasteiger partial charge in [-0.05, 0) is 67.6 Å². The lowest BCUT2D eigenvalue weighted by molar-refractivity contribution is -0.113. The van der Waals surface area contributed by atoms with Crippen molar-refractivity contribution >= 4 is 35.0 Å². The number of amides is 1. The largest absolute Gasteiger partial charge is 0.495 e. The summed E-state index contributed by atoms with van der Waals surface area (Å²) in [6, 6.07) is 21.3. The minimum atomic E-state index is -0.219. The molecule has 1 fully saturated rings. The summed E-state index contributed by atoms with van der Waals surface area (Å²) in [5, 5.41) is 3.82. The Morgan fingerprint density at radius 3 is 2.63 bits per heavy atom. The molecule has 1 N–H and O–H groups in total. The van der Waals surface area contributed by atoms with Gasteiger partial charge in [-0.1, -0.05) is 79.0 Å². The Balaban J connectivity index is 1.43. The standard InChI is InChI=1S/C33H32ClN3O3S/c1-21-9-8-11-24(17-21)37-31(39)29-30(25-12-5-4-10-22(25)19-33(29)15-6-3-7-16-33)36-32(37)41-20-28(38)35-23-13-14-27(40-2)26(34)18-23/h4-5,8-14,17-18H,3,6-7,15-16,19-20H2,1-2H3,(H,35,38). The van der Waals surface area contributed by atoms with Crippen molar-refractivity contribution in [3.05, 3.63) is 98.8 Å². The molecule has 41 heavy (non-hydrogen) atoms. The molecule has 4 aromatic rings. The van der Waals surface area contributed by atoms with E-state index in [1.807, 2.05) is 37.3 Å². The maximum Gasteiger partial charge on any atom is 0.263 e. The van der Waals surface area contributed by atoms with Crippen molar-refractivity contribution in [1.29, 1.82) is 0 Å². The Labute approximate surface area is 249 Å². The number of aromatic nitrogens is 2. The van der Waals surface area contributed by atoms with Crippen LogP contribution in [-0.2, 0) is 16.6 Å². The third-order valence-electron chi connectivity index (χ3n) is 8.22. The van der Waals surface area contributed by atoms with Crippen LogP contribution in [0.1, 0.15) is 48.8 Å². The summed E-state index contributed by atoms with van der Waals surface area (Å²) in [7, 11) is 1.55. The van der Waals surface area contributed by atoms with Crippen LogP contribution in [-0.4, -0.2) is 28.3 Å². The monoisotopic (exact) mass is 585 g/mol. The predicted octanol–water partition coefficient (Wildman–Crippen LogP) is 7.36. The molecule has 0 bridgehead atoms. The number of hydrogen-bond donors (Lipinski definition) is 1. The van der Waals surface area contributed by atoms with Crippen LogP contribution in [0.4, 0.5) is 5.69 Å². The second-order valence-corrected chi connectivity index (χ2v) is 12.3. The molecule has 1 saturated carbocycles. The predicted molar refractivity (Wildman–Crippen MR) is 166 cm³/mol. The van der Waals surface area contributed by atoms with Gasteiger partial charge in [-0.15, -0.1) is 0 Å². The first-order chi connectivity index (χ1) is 19.9. The third kappa shape index (κ3) is 5.29. The van der Waals surface area contributed by atoms with E-state index in [2.05, 4.69) is 23.5 Å². The number of ether oxygens (including phenoxy) is 1. The van der Waals surface area contributed by atoms with E-state index in [-0.39, 0.29) is 22.6 Å². The molecule has 2 aliphatic rings. The number of fused-ring (bicyclic) bond motifs is 4. The lowest BCUT2D eigenvalue weighted by Gasteiger charge is -2.42. The molecular weight excluding hydrogens is 554 g/mol. The SMILES string of the molecule is COc1ccc(NC(=O)CSc2nc3c(c(=O)n2-c2cccc(C)c2)C2(CCCCC2)Cc2ccccc2-3)cc1Cl. The maximum atomic E-state index is 14.6. The Kier molecular flexibility index (Phi) is 7.66. The molecule has 0 unspecified atom stereocenters. The molecule has 1 spiro atoms. The van der Waals surface area contributed by atoms with E-state index in [1.165, 1.54) is 23.7 Å². The van der Waals surface area contributed by atoms with Gasteiger partial charge in [0.05, 0.1) is 34.8 Å². The molecule has 0 saturated heterocycles. The van der Waals surface area contributed by atoms with Crippen LogP contribution in [0.5, 0.6) is 5.75 Å². The number of carbonyl (C=O) groups is 1. The molecular formula is C33H32ClN3O3S.